The first kappa shape index (κ1) is 19.8. The lowest BCUT2D eigenvalue weighted by atomic mass is 10.2. The van der Waals surface area contributed by atoms with Crippen LogP contribution in [0.2, 0.25) is 0 Å². The highest BCUT2D eigenvalue weighted by Crippen LogP contribution is 2.29. The van der Waals surface area contributed by atoms with Crippen molar-refractivity contribution in [3.05, 3.63) is 87.0 Å². The molecular formula is C22H18FN3O3S. The molecule has 1 amide bonds. The van der Waals surface area contributed by atoms with Gasteiger partial charge in [-0.25, -0.2) is 9.37 Å². The molecule has 0 spiro atoms. The van der Waals surface area contributed by atoms with E-state index in [1.165, 1.54) is 41.5 Å². The minimum Gasteiger partial charge on any atom is -0.495 e. The molecule has 0 fully saturated rings. The first-order chi connectivity index (χ1) is 14.5. The highest BCUT2D eigenvalue weighted by Gasteiger charge is 2.20. The fourth-order valence-electron chi connectivity index (χ4n) is 3.20. The van der Waals surface area contributed by atoms with Gasteiger partial charge in [-0.1, -0.05) is 24.3 Å². The molecule has 4 aromatic rings. The summed E-state index contributed by atoms with van der Waals surface area (Å²) in [4.78, 5) is 31.2. The highest BCUT2D eigenvalue weighted by molar-refractivity contribution is 7.20. The molecule has 1 N–H and O–H groups in total. The van der Waals surface area contributed by atoms with Crippen LogP contribution >= 0.6 is 11.3 Å². The summed E-state index contributed by atoms with van der Waals surface area (Å²) in [5, 5.41) is 3.24. The normalized spacial score (nSPS) is 10.9. The molecule has 0 unspecified atom stereocenters. The minimum atomic E-state index is -0.334. The number of aromatic nitrogens is 2. The Morgan fingerprint density at radius 2 is 1.93 bits per heavy atom. The van der Waals surface area contributed by atoms with E-state index in [0.717, 1.165) is 5.56 Å². The number of rotatable bonds is 5. The van der Waals surface area contributed by atoms with Crippen molar-refractivity contribution in [1.29, 1.82) is 0 Å². The Bertz CT molecular complexity index is 1300. The summed E-state index contributed by atoms with van der Waals surface area (Å²) in [6.45, 7) is 2.00. The van der Waals surface area contributed by atoms with Crippen molar-refractivity contribution in [1.82, 2.24) is 9.55 Å². The molecule has 2 aromatic heterocycles. The summed E-state index contributed by atoms with van der Waals surface area (Å²) in [5.74, 6) is -0.118. The fraction of sp³-hybridized carbons (Fsp3) is 0.136. The summed E-state index contributed by atoms with van der Waals surface area (Å²) in [7, 11) is 1.53. The van der Waals surface area contributed by atoms with E-state index in [9.17, 15) is 14.0 Å². The number of para-hydroxylation sites is 2. The first-order valence-electron chi connectivity index (χ1n) is 9.15. The van der Waals surface area contributed by atoms with E-state index in [2.05, 4.69) is 10.3 Å². The van der Waals surface area contributed by atoms with Gasteiger partial charge in [0.05, 0.1) is 35.9 Å². The predicted octanol–water partition coefficient (Wildman–Crippen LogP) is 4.21. The Balaban J connectivity index is 1.68. The topological polar surface area (TPSA) is 73.2 Å². The van der Waals surface area contributed by atoms with E-state index in [-0.39, 0.29) is 23.8 Å². The van der Waals surface area contributed by atoms with Crippen molar-refractivity contribution in [3.63, 3.8) is 0 Å². The number of hydrogen-bond acceptors (Lipinski definition) is 5. The van der Waals surface area contributed by atoms with Gasteiger partial charge in [0, 0.05) is 0 Å². The maximum atomic E-state index is 13.1. The molecule has 0 bridgehead atoms. The lowest BCUT2D eigenvalue weighted by Gasteiger charge is -2.09. The third kappa shape index (κ3) is 3.69. The number of ether oxygens (including phenoxy) is 1. The maximum Gasteiger partial charge on any atom is 0.266 e. The van der Waals surface area contributed by atoms with Crippen LogP contribution in [0.15, 0.2) is 59.7 Å². The van der Waals surface area contributed by atoms with Crippen LogP contribution in [-0.4, -0.2) is 22.6 Å². The van der Waals surface area contributed by atoms with Crippen molar-refractivity contribution < 1.29 is 13.9 Å². The van der Waals surface area contributed by atoms with Crippen LogP contribution in [-0.2, 0) is 6.54 Å². The zero-order valence-electron chi connectivity index (χ0n) is 16.3. The van der Waals surface area contributed by atoms with Crippen molar-refractivity contribution in [2.75, 3.05) is 12.4 Å². The van der Waals surface area contributed by atoms with Gasteiger partial charge in [0.15, 0.2) is 0 Å². The monoisotopic (exact) mass is 423 g/mol. The number of carbonyl (C=O) groups is 1. The Morgan fingerprint density at radius 3 is 2.67 bits per heavy atom. The minimum absolute atomic E-state index is 0.241. The number of aryl methyl sites for hydroxylation is 1. The number of thiophene rings is 1. The number of anilines is 1. The van der Waals surface area contributed by atoms with Gasteiger partial charge in [-0.3, -0.25) is 14.2 Å². The van der Waals surface area contributed by atoms with Crippen LogP contribution < -0.4 is 15.6 Å². The van der Waals surface area contributed by atoms with Crippen LogP contribution in [0.3, 0.4) is 0 Å². The number of nitrogens with zero attached hydrogens (tertiary/aromatic N) is 2. The summed E-state index contributed by atoms with van der Waals surface area (Å²) < 4.78 is 19.8. The number of hydrogen-bond donors (Lipinski definition) is 1. The Morgan fingerprint density at radius 1 is 1.20 bits per heavy atom. The van der Waals surface area contributed by atoms with Crippen molar-refractivity contribution in [2.45, 2.75) is 13.5 Å². The van der Waals surface area contributed by atoms with Crippen molar-refractivity contribution in [3.8, 4) is 5.75 Å². The van der Waals surface area contributed by atoms with Gasteiger partial charge < -0.3 is 10.1 Å². The average Bonchev–Trinajstić information content (AvgIpc) is 3.09. The number of amides is 1. The van der Waals surface area contributed by atoms with E-state index in [4.69, 9.17) is 4.74 Å². The van der Waals surface area contributed by atoms with Gasteiger partial charge >= 0.3 is 0 Å². The van der Waals surface area contributed by atoms with Gasteiger partial charge in [-0.15, -0.1) is 11.3 Å². The number of fused-ring (bicyclic) bond motifs is 1. The molecule has 30 heavy (non-hydrogen) atoms. The van der Waals surface area contributed by atoms with Crippen LogP contribution in [0, 0.1) is 12.7 Å². The molecule has 0 aliphatic carbocycles. The van der Waals surface area contributed by atoms with Crippen LogP contribution in [0.25, 0.3) is 10.2 Å². The average molecular weight is 423 g/mol. The third-order valence-electron chi connectivity index (χ3n) is 4.74. The molecule has 2 heterocycles. The molecular weight excluding hydrogens is 405 g/mol. The Hall–Kier alpha value is -3.52. The molecule has 4 rings (SSSR count). The fourth-order valence-corrected chi connectivity index (χ4v) is 4.24. The number of benzene rings is 2. The molecule has 0 aliphatic heterocycles. The smallest absolute Gasteiger partial charge is 0.266 e. The molecule has 0 aliphatic rings. The van der Waals surface area contributed by atoms with E-state index in [1.807, 2.05) is 6.07 Å². The van der Waals surface area contributed by atoms with Crippen LogP contribution in [0.4, 0.5) is 10.1 Å². The number of carbonyl (C=O) groups excluding carboxylic acids is 1. The summed E-state index contributed by atoms with van der Waals surface area (Å²) in [6, 6.07) is 13.1. The highest BCUT2D eigenvalue weighted by atomic mass is 32.1. The SMILES string of the molecule is COc1ccccc1NC(=O)c1sc2ncn(Cc3ccc(F)cc3)c(=O)c2c1C. The lowest BCUT2D eigenvalue weighted by molar-refractivity contribution is 0.102. The quantitative estimate of drug-likeness (QED) is 0.522. The van der Waals surface area contributed by atoms with Gasteiger partial charge in [-0.05, 0) is 42.3 Å². The maximum absolute atomic E-state index is 13.1. The summed E-state index contributed by atoms with van der Waals surface area (Å²) in [5.41, 5.74) is 1.66. The van der Waals surface area contributed by atoms with E-state index < -0.39 is 0 Å². The predicted molar refractivity (Wildman–Crippen MR) is 115 cm³/mol. The Kier molecular flexibility index (Phi) is 5.33. The molecule has 152 valence electrons. The van der Waals surface area contributed by atoms with E-state index >= 15 is 0 Å². The molecule has 8 heteroatoms. The van der Waals surface area contributed by atoms with Crippen LogP contribution in [0.1, 0.15) is 20.8 Å². The summed E-state index contributed by atoms with van der Waals surface area (Å²) in [6.07, 6.45) is 1.45. The number of methoxy groups -OCH3 is 1. The van der Waals surface area contributed by atoms with E-state index in [1.54, 1.807) is 37.3 Å². The zero-order chi connectivity index (χ0) is 21.3. The van der Waals surface area contributed by atoms with Gasteiger partial charge in [0.1, 0.15) is 16.4 Å². The molecule has 2 aromatic carbocycles. The molecule has 0 radical (unpaired) electrons. The van der Waals surface area contributed by atoms with Gasteiger partial charge in [0.2, 0.25) is 0 Å². The Labute approximate surface area is 175 Å². The largest absolute Gasteiger partial charge is 0.495 e. The second-order valence-corrected chi connectivity index (χ2v) is 7.69. The summed E-state index contributed by atoms with van der Waals surface area (Å²) >= 11 is 1.17. The van der Waals surface area contributed by atoms with Crippen molar-refractivity contribution >= 4 is 33.1 Å². The van der Waals surface area contributed by atoms with Gasteiger partial charge in [0.25, 0.3) is 11.5 Å². The number of halogens is 1. The molecule has 0 atom stereocenters. The first-order valence-corrected chi connectivity index (χ1v) is 9.97. The molecule has 6 nitrogen and oxygen atoms in total. The van der Waals surface area contributed by atoms with Gasteiger partial charge in [-0.2, -0.15) is 0 Å². The third-order valence-corrected chi connectivity index (χ3v) is 5.94. The second kappa shape index (κ2) is 8.08. The van der Waals surface area contributed by atoms with Crippen LogP contribution in [0.5, 0.6) is 5.75 Å². The zero-order valence-corrected chi connectivity index (χ0v) is 17.1. The number of nitrogens with one attached hydrogen (secondary N) is 1. The molecule has 0 saturated heterocycles. The standard InChI is InChI=1S/C22H18FN3O3S/c1-13-18-21(24-12-26(22(18)28)11-14-7-9-15(23)10-8-14)30-19(13)20(27)25-16-5-3-4-6-17(16)29-2/h3-10,12H,11H2,1-2H3,(H,25,27). The second-order valence-electron chi connectivity index (χ2n) is 6.69. The van der Waals surface area contributed by atoms with Crippen molar-refractivity contribution in [2.24, 2.45) is 0 Å². The van der Waals surface area contributed by atoms with E-state index in [0.29, 0.717) is 32.1 Å². The molecule has 0 saturated carbocycles. The lowest BCUT2D eigenvalue weighted by Crippen LogP contribution is -2.21.